The van der Waals surface area contributed by atoms with Gasteiger partial charge < -0.3 is 9.84 Å². The average molecular weight is 333 g/mol. The molecule has 0 saturated heterocycles. The Morgan fingerprint density at radius 2 is 1.74 bits per heavy atom. The first-order valence-corrected chi connectivity index (χ1v) is 7.89. The summed E-state index contributed by atoms with van der Waals surface area (Å²) < 4.78 is 5.83. The molecule has 0 unspecified atom stereocenters. The van der Waals surface area contributed by atoms with E-state index in [1.165, 1.54) is 0 Å². The molecule has 2 aromatic rings. The van der Waals surface area contributed by atoms with Crippen LogP contribution in [0.1, 0.15) is 31.9 Å². The van der Waals surface area contributed by atoms with Crippen LogP contribution in [0.3, 0.4) is 0 Å². The molecule has 2 rings (SSSR count). The third kappa shape index (κ3) is 4.49. The maximum atomic E-state index is 11.6. The molecule has 4 heteroatoms. The maximum Gasteiger partial charge on any atom is 0.345 e. The lowest BCUT2D eigenvalue weighted by Gasteiger charge is -2.25. The molecule has 3 nitrogen and oxygen atoms in total. The fourth-order valence-corrected chi connectivity index (χ4v) is 2.60. The summed E-state index contributed by atoms with van der Waals surface area (Å²) in [5.41, 5.74) is 1.60. The first-order chi connectivity index (χ1) is 10.8. The van der Waals surface area contributed by atoms with E-state index in [-0.39, 0.29) is 11.8 Å². The normalized spacial score (nSPS) is 12.7. The van der Waals surface area contributed by atoms with Gasteiger partial charge in [0.05, 0.1) is 0 Å². The number of rotatable bonds is 5. The van der Waals surface area contributed by atoms with Gasteiger partial charge in [0, 0.05) is 11.4 Å². The van der Waals surface area contributed by atoms with Crippen LogP contribution in [0.2, 0.25) is 5.02 Å². The van der Waals surface area contributed by atoms with Gasteiger partial charge in [-0.25, -0.2) is 4.79 Å². The summed E-state index contributed by atoms with van der Waals surface area (Å²) >= 11 is 6.13. The van der Waals surface area contributed by atoms with Crippen LogP contribution < -0.4 is 4.74 Å². The van der Waals surface area contributed by atoms with E-state index in [9.17, 15) is 9.90 Å². The van der Waals surface area contributed by atoms with Gasteiger partial charge >= 0.3 is 5.97 Å². The Labute approximate surface area is 141 Å². The highest BCUT2D eigenvalue weighted by Gasteiger charge is 2.25. The van der Waals surface area contributed by atoms with Crippen molar-refractivity contribution in [2.24, 2.45) is 0 Å². The van der Waals surface area contributed by atoms with Gasteiger partial charge in [0.1, 0.15) is 5.75 Å². The number of para-hydroxylation sites is 1. The Morgan fingerprint density at radius 1 is 1.13 bits per heavy atom. The van der Waals surface area contributed by atoms with Gasteiger partial charge in [-0.1, -0.05) is 68.8 Å². The second-order valence-corrected chi connectivity index (χ2v) is 6.89. The van der Waals surface area contributed by atoms with Crippen molar-refractivity contribution < 1.29 is 14.6 Å². The third-order valence-corrected chi connectivity index (χ3v) is 3.97. The van der Waals surface area contributed by atoms with Gasteiger partial charge in [-0.05, 0) is 28.7 Å². The van der Waals surface area contributed by atoms with Crippen molar-refractivity contribution in [1.29, 1.82) is 0 Å². The summed E-state index contributed by atoms with van der Waals surface area (Å²) in [5, 5.41) is 10.1. The van der Waals surface area contributed by atoms with Crippen molar-refractivity contribution in [3.05, 3.63) is 64.7 Å². The van der Waals surface area contributed by atoms with Crippen molar-refractivity contribution in [3.63, 3.8) is 0 Å². The minimum atomic E-state index is -1.01. The summed E-state index contributed by atoms with van der Waals surface area (Å²) in [5.74, 6) is -0.409. The molecular formula is C19H21ClO3. The SMILES string of the molecule is CC(C)(C)c1ccccc1O[C@H](Cc1ccccc1Cl)C(=O)O. The van der Waals surface area contributed by atoms with E-state index in [0.717, 1.165) is 11.1 Å². The Bertz CT molecular complexity index is 689. The standard InChI is InChI=1S/C19H21ClO3/c1-19(2,3)14-9-5-7-11-16(14)23-17(18(21)22)12-13-8-4-6-10-15(13)20/h4-11,17H,12H2,1-3H3,(H,21,22)/t17-/m1/s1. The monoisotopic (exact) mass is 332 g/mol. The van der Waals surface area contributed by atoms with Gasteiger partial charge in [0.25, 0.3) is 0 Å². The van der Waals surface area contributed by atoms with Crippen LogP contribution in [0.25, 0.3) is 0 Å². The molecule has 0 saturated carbocycles. The topological polar surface area (TPSA) is 46.5 Å². The lowest BCUT2D eigenvalue weighted by atomic mass is 9.86. The zero-order valence-electron chi connectivity index (χ0n) is 13.5. The number of hydrogen-bond donors (Lipinski definition) is 1. The van der Waals surface area contributed by atoms with Crippen LogP contribution in [-0.2, 0) is 16.6 Å². The van der Waals surface area contributed by atoms with Crippen LogP contribution in [0, 0.1) is 0 Å². The number of hydrogen-bond acceptors (Lipinski definition) is 2. The van der Waals surface area contributed by atoms with E-state index in [4.69, 9.17) is 16.3 Å². The van der Waals surface area contributed by atoms with Crippen molar-refractivity contribution in [2.75, 3.05) is 0 Å². The van der Waals surface area contributed by atoms with Crippen molar-refractivity contribution in [1.82, 2.24) is 0 Å². The Morgan fingerprint density at radius 3 is 2.35 bits per heavy atom. The first-order valence-electron chi connectivity index (χ1n) is 7.51. The number of benzene rings is 2. The summed E-state index contributed by atoms with van der Waals surface area (Å²) in [4.78, 5) is 11.6. The molecule has 1 N–H and O–H groups in total. The lowest BCUT2D eigenvalue weighted by molar-refractivity contribution is -0.145. The molecule has 0 aromatic heterocycles. The molecule has 1 atom stereocenters. The molecule has 2 aromatic carbocycles. The molecule has 0 fully saturated rings. The molecule has 0 aliphatic rings. The molecule has 122 valence electrons. The highest BCUT2D eigenvalue weighted by atomic mass is 35.5. The van der Waals surface area contributed by atoms with E-state index >= 15 is 0 Å². The first kappa shape index (κ1) is 17.4. The highest BCUT2D eigenvalue weighted by Crippen LogP contribution is 2.32. The number of ether oxygens (including phenoxy) is 1. The van der Waals surface area contributed by atoms with Crippen molar-refractivity contribution in [3.8, 4) is 5.75 Å². The lowest BCUT2D eigenvalue weighted by Crippen LogP contribution is -2.30. The average Bonchev–Trinajstić information content (AvgIpc) is 2.48. The van der Waals surface area contributed by atoms with Gasteiger partial charge in [0.15, 0.2) is 6.10 Å². The number of carboxylic acid groups (broad SMARTS) is 1. The summed E-state index contributed by atoms with van der Waals surface area (Å²) in [6, 6.07) is 14.8. The second-order valence-electron chi connectivity index (χ2n) is 6.49. The number of aliphatic carboxylic acids is 1. The largest absolute Gasteiger partial charge is 0.478 e. The highest BCUT2D eigenvalue weighted by molar-refractivity contribution is 6.31. The summed E-state index contributed by atoms with van der Waals surface area (Å²) in [6.07, 6.45) is -0.772. The van der Waals surface area contributed by atoms with Crippen LogP contribution in [0.5, 0.6) is 5.75 Å². The number of carbonyl (C=O) groups is 1. The quantitative estimate of drug-likeness (QED) is 0.862. The van der Waals surface area contributed by atoms with E-state index in [1.54, 1.807) is 6.07 Å². The zero-order chi connectivity index (χ0) is 17.0. The fourth-order valence-electron chi connectivity index (χ4n) is 2.39. The molecule has 0 radical (unpaired) electrons. The summed E-state index contributed by atoms with van der Waals surface area (Å²) in [7, 11) is 0. The van der Waals surface area contributed by atoms with Crippen LogP contribution in [-0.4, -0.2) is 17.2 Å². The van der Waals surface area contributed by atoms with Gasteiger partial charge in [-0.2, -0.15) is 0 Å². The molecular weight excluding hydrogens is 312 g/mol. The van der Waals surface area contributed by atoms with Gasteiger partial charge in [0.2, 0.25) is 0 Å². The number of carboxylic acids is 1. The fraction of sp³-hybridized carbons (Fsp3) is 0.316. The minimum Gasteiger partial charge on any atom is -0.478 e. The van der Waals surface area contributed by atoms with Gasteiger partial charge in [-0.15, -0.1) is 0 Å². The van der Waals surface area contributed by atoms with Crippen molar-refractivity contribution >= 4 is 17.6 Å². The van der Waals surface area contributed by atoms with E-state index < -0.39 is 12.1 Å². The second kappa shape index (κ2) is 7.05. The van der Waals surface area contributed by atoms with Crippen molar-refractivity contribution in [2.45, 2.75) is 38.7 Å². The van der Waals surface area contributed by atoms with Crippen LogP contribution in [0.4, 0.5) is 0 Å². The molecule has 0 aliphatic heterocycles. The van der Waals surface area contributed by atoms with E-state index in [0.29, 0.717) is 10.8 Å². The van der Waals surface area contributed by atoms with Gasteiger partial charge in [-0.3, -0.25) is 0 Å². The summed E-state index contributed by atoms with van der Waals surface area (Å²) in [6.45, 7) is 6.21. The smallest absolute Gasteiger partial charge is 0.345 e. The molecule has 0 heterocycles. The van der Waals surface area contributed by atoms with Crippen LogP contribution in [0.15, 0.2) is 48.5 Å². The molecule has 0 bridgehead atoms. The number of halogens is 1. The Balaban J connectivity index is 2.28. The molecule has 0 amide bonds. The third-order valence-electron chi connectivity index (χ3n) is 3.60. The Hall–Kier alpha value is -2.00. The maximum absolute atomic E-state index is 11.6. The van der Waals surface area contributed by atoms with Crippen LogP contribution >= 0.6 is 11.6 Å². The minimum absolute atomic E-state index is 0.135. The predicted molar refractivity (Wildman–Crippen MR) is 92.3 cm³/mol. The molecule has 23 heavy (non-hydrogen) atoms. The zero-order valence-corrected chi connectivity index (χ0v) is 14.3. The molecule has 0 spiro atoms. The molecule has 0 aliphatic carbocycles. The van der Waals surface area contributed by atoms with E-state index in [1.807, 2.05) is 42.5 Å². The Kier molecular flexibility index (Phi) is 5.32. The predicted octanol–water partition coefficient (Wildman–Crippen LogP) is 4.71. The van der Waals surface area contributed by atoms with E-state index in [2.05, 4.69) is 20.8 Å².